The lowest BCUT2D eigenvalue weighted by atomic mass is 9.91. The molecule has 4 atom stereocenters. The van der Waals surface area contributed by atoms with Crippen LogP contribution >= 0.6 is 11.6 Å². The minimum absolute atomic E-state index is 0.0230. The Morgan fingerprint density at radius 2 is 2.04 bits per heavy atom. The van der Waals surface area contributed by atoms with Crippen LogP contribution in [0.3, 0.4) is 0 Å². The number of hydrogen-bond donors (Lipinski definition) is 4. The number of anilines is 1. The van der Waals surface area contributed by atoms with Crippen molar-refractivity contribution < 1.29 is 4.39 Å². The molecule has 0 spiro atoms. The van der Waals surface area contributed by atoms with Gasteiger partial charge >= 0.3 is 0 Å². The van der Waals surface area contributed by atoms with Gasteiger partial charge in [-0.15, -0.1) is 0 Å². The second-order valence-electron chi connectivity index (χ2n) is 6.90. The number of allylic oxidation sites excluding steroid dienone is 1. The van der Waals surface area contributed by atoms with Crippen molar-refractivity contribution in [2.45, 2.75) is 50.4 Å². The van der Waals surface area contributed by atoms with Crippen molar-refractivity contribution in [1.29, 1.82) is 0 Å². The van der Waals surface area contributed by atoms with Crippen molar-refractivity contribution in [2.24, 2.45) is 11.7 Å². The molecule has 2 aliphatic heterocycles. The molecule has 4 rings (SSSR count). The largest absolute Gasteiger partial charge is 0.370 e. The Bertz CT molecular complexity index is 721. The van der Waals surface area contributed by atoms with Gasteiger partial charge in [-0.25, -0.2) is 14.4 Å². The molecule has 0 aromatic carbocycles. The molecule has 3 heterocycles. The van der Waals surface area contributed by atoms with Gasteiger partial charge in [0, 0.05) is 41.0 Å². The molecule has 1 aromatic heterocycles. The van der Waals surface area contributed by atoms with Gasteiger partial charge in [0.15, 0.2) is 17.5 Å². The molecule has 3 aliphatic rings. The number of rotatable bonds is 3. The average molecular weight is 365 g/mol. The summed E-state index contributed by atoms with van der Waals surface area (Å²) in [6.45, 7) is 0. The van der Waals surface area contributed by atoms with Crippen LogP contribution in [-0.4, -0.2) is 28.2 Å². The third kappa shape index (κ3) is 3.30. The molecule has 1 saturated carbocycles. The second-order valence-corrected chi connectivity index (χ2v) is 7.39. The zero-order valence-electron chi connectivity index (χ0n) is 13.8. The van der Waals surface area contributed by atoms with Gasteiger partial charge < -0.3 is 21.7 Å². The molecule has 0 radical (unpaired) electrons. The Morgan fingerprint density at radius 3 is 2.88 bits per heavy atom. The maximum atomic E-state index is 14.2. The summed E-state index contributed by atoms with van der Waals surface area (Å²) in [5.74, 6) is 0.403. The van der Waals surface area contributed by atoms with Gasteiger partial charge in [-0.2, -0.15) is 0 Å². The van der Waals surface area contributed by atoms with E-state index in [-0.39, 0.29) is 30.0 Å². The van der Waals surface area contributed by atoms with E-state index in [0.717, 1.165) is 36.3 Å². The normalized spacial score (nSPS) is 31.3. The summed E-state index contributed by atoms with van der Waals surface area (Å²) in [6.07, 6.45) is 9.78. The summed E-state index contributed by atoms with van der Waals surface area (Å²) in [5, 5.41) is 10.4. The highest BCUT2D eigenvalue weighted by Crippen LogP contribution is 2.36. The van der Waals surface area contributed by atoms with Crippen LogP contribution in [0.2, 0.25) is 0 Å². The Labute approximate surface area is 151 Å². The molecule has 5 N–H and O–H groups in total. The maximum absolute atomic E-state index is 14.2. The fourth-order valence-electron chi connectivity index (χ4n) is 3.78. The highest BCUT2D eigenvalue weighted by molar-refractivity contribution is 6.29. The van der Waals surface area contributed by atoms with Gasteiger partial charge in [-0.3, -0.25) is 0 Å². The molecule has 2 unspecified atom stereocenters. The monoisotopic (exact) mass is 364 g/mol. The van der Waals surface area contributed by atoms with Crippen molar-refractivity contribution in [1.82, 2.24) is 20.6 Å². The highest BCUT2D eigenvalue weighted by Gasteiger charge is 2.34. The fraction of sp³-hybridized carbons (Fsp3) is 0.529. The summed E-state index contributed by atoms with van der Waals surface area (Å²) in [4.78, 5) is 8.64. The Morgan fingerprint density at radius 1 is 1.24 bits per heavy atom. The van der Waals surface area contributed by atoms with Crippen molar-refractivity contribution in [3.63, 3.8) is 0 Å². The lowest BCUT2D eigenvalue weighted by Gasteiger charge is -2.30. The van der Waals surface area contributed by atoms with Gasteiger partial charge in [-0.05, 0) is 19.3 Å². The van der Waals surface area contributed by atoms with Crippen molar-refractivity contribution in [3.8, 4) is 0 Å². The number of hydrogen-bond acceptors (Lipinski definition) is 6. The van der Waals surface area contributed by atoms with E-state index >= 15 is 0 Å². The maximum Gasteiger partial charge on any atom is 0.183 e. The van der Waals surface area contributed by atoms with E-state index in [0.29, 0.717) is 12.2 Å². The van der Waals surface area contributed by atoms with Crippen molar-refractivity contribution in [3.05, 3.63) is 35.3 Å². The first-order chi connectivity index (χ1) is 12.1. The molecule has 1 aliphatic carbocycles. The number of nitrogens with one attached hydrogen (secondary N) is 3. The molecule has 1 fully saturated rings. The summed E-state index contributed by atoms with van der Waals surface area (Å²) in [6, 6.07) is 0.0675. The first kappa shape index (κ1) is 16.6. The summed E-state index contributed by atoms with van der Waals surface area (Å²) in [7, 11) is 0. The molecule has 0 amide bonds. The van der Waals surface area contributed by atoms with Crippen LogP contribution in [0, 0.1) is 11.7 Å². The average Bonchev–Trinajstić information content (AvgIpc) is 3.02. The predicted molar refractivity (Wildman–Crippen MR) is 95.9 cm³/mol. The lowest BCUT2D eigenvalue weighted by molar-refractivity contribution is 0.401. The van der Waals surface area contributed by atoms with Crippen LogP contribution < -0.4 is 21.7 Å². The molecule has 1 aromatic rings. The van der Waals surface area contributed by atoms with Crippen LogP contribution in [0.4, 0.5) is 10.2 Å². The minimum Gasteiger partial charge on any atom is -0.370 e. The van der Waals surface area contributed by atoms with Gasteiger partial charge in [0.2, 0.25) is 0 Å². The van der Waals surface area contributed by atoms with Crippen LogP contribution in [0.5, 0.6) is 0 Å². The van der Waals surface area contributed by atoms with E-state index in [2.05, 4.69) is 25.9 Å². The van der Waals surface area contributed by atoms with Gasteiger partial charge in [0.05, 0.1) is 6.20 Å². The van der Waals surface area contributed by atoms with E-state index in [4.69, 9.17) is 17.3 Å². The molecule has 25 heavy (non-hydrogen) atoms. The Kier molecular flexibility index (Phi) is 4.52. The van der Waals surface area contributed by atoms with E-state index in [1.165, 1.54) is 6.20 Å². The van der Waals surface area contributed by atoms with Crippen LogP contribution in [-0.2, 0) is 0 Å². The number of nitrogens with two attached hydrogens (primary N) is 1. The first-order valence-electron chi connectivity index (χ1n) is 8.73. The quantitative estimate of drug-likeness (QED) is 0.658. The van der Waals surface area contributed by atoms with Gasteiger partial charge in [0.25, 0.3) is 0 Å². The van der Waals surface area contributed by atoms with E-state index < -0.39 is 5.82 Å². The number of nitrogens with zero attached hydrogens (tertiary/aromatic N) is 2. The van der Waals surface area contributed by atoms with Crippen molar-refractivity contribution in [2.75, 3.05) is 5.32 Å². The highest BCUT2D eigenvalue weighted by atomic mass is 35.5. The smallest absolute Gasteiger partial charge is 0.183 e. The molecule has 0 saturated heterocycles. The van der Waals surface area contributed by atoms with E-state index in [1.807, 2.05) is 6.20 Å². The molecular formula is C17H22ClFN6. The third-order valence-electron chi connectivity index (χ3n) is 5.20. The molecule has 134 valence electrons. The SMILES string of the molecule is N[C@H]1CCCC[C@@H]1Nc1nc(C2=CNC3NC=C(Cl)CC23)ncc1F. The van der Waals surface area contributed by atoms with Crippen LogP contribution in [0.1, 0.15) is 37.9 Å². The number of fused-ring (bicyclic) bond motifs is 1. The second kappa shape index (κ2) is 6.80. The summed E-state index contributed by atoms with van der Waals surface area (Å²) < 4.78 is 14.2. The topological polar surface area (TPSA) is 87.9 Å². The third-order valence-corrected chi connectivity index (χ3v) is 5.46. The Hall–Kier alpha value is -1.86. The number of aromatic nitrogens is 2. The summed E-state index contributed by atoms with van der Waals surface area (Å²) in [5.41, 5.74) is 7.09. The first-order valence-corrected chi connectivity index (χ1v) is 9.11. The predicted octanol–water partition coefficient (Wildman–Crippen LogP) is 2.26. The van der Waals surface area contributed by atoms with E-state index in [1.54, 1.807) is 6.20 Å². The lowest BCUT2D eigenvalue weighted by Crippen LogP contribution is -2.43. The molecule has 0 bridgehead atoms. The molecule has 6 nitrogen and oxygen atoms in total. The van der Waals surface area contributed by atoms with Crippen LogP contribution in [0.25, 0.3) is 5.57 Å². The zero-order chi connectivity index (χ0) is 17.4. The molecule has 8 heteroatoms. The summed E-state index contributed by atoms with van der Waals surface area (Å²) >= 11 is 6.15. The zero-order valence-corrected chi connectivity index (χ0v) is 14.6. The van der Waals surface area contributed by atoms with Gasteiger partial charge in [-0.1, -0.05) is 24.4 Å². The minimum atomic E-state index is -0.454. The fourth-order valence-corrected chi connectivity index (χ4v) is 4.01. The van der Waals surface area contributed by atoms with Gasteiger partial charge in [0.1, 0.15) is 6.17 Å². The Balaban J connectivity index is 1.56. The van der Waals surface area contributed by atoms with Crippen LogP contribution in [0.15, 0.2) is 23.6 Å². The standard InChI is InChI=1S/C17H22ClFN6/c18-9-5-10-11(7-22-15(10)21-6-9)16-23-8-12(19)17(25-16)24-14-4-2-1-3-13(14)20/h6-8,10,13-15,21-22H,1-5,20H2,(H,23,24,25)/t10?,13-,14-,15?/m0/s1. The van der Waals surface area contributed by atoms with Crippen molar-refractivity contribution >= 4 is 23.0 Å². The van der Waals surface area contributed by atoms with E-state index in [9.17, 15) is 4.39 Å². The number of halogens is 2. The molecular weight excluding hydrogens is 343 g/mol.